The Morgan fingerprint density at radius 2 is 1.78 bits per heavy atom. The molecule has 0 fully saturated rings. The van der Waals surface area contributed by atoms with Gasteiger partial charge in [-0.2, -0.15) is 5.10 Å². The number of hydrogen-bond acceptors (Lipinski definition) is 7. The zero-order chi connectivity index (χ0) is 22.3. The van der Waals surface area contributed by atoms with E-state index >= 15 is 0 Å². The van der Waals surface area contributed by atoms with Crippen molar-refractivity contribution in [1.29, 1.82) is 0 Å². The first-order chi connectivity index (χ1) is 15.6. The van der Waals surface area contributed by atoms with Crippen LogP contribution in [0.1, 0.15) is 11.1 Å². The predicted octanol–water partition coefficient (Wildman–Crippen LogP) is 6.53. The minimum absolute atomic E-state index is 0.196. The Balaban J connectivity index is 1.25. The molecule has 32 heavy (non-hydrogen) atoms. The monoisotopic (exact) mass is 518 g/mol. The molecule has 0 aliphatic carbocycles. The zero-order valence-corrected chi connectivity index (χ0v) is 20.5. The molecule has 0 atom stereocenters. The maximum absolute atomic E-state index is 12.0. The lowest BCUT2D eigenvalue weighted by atomic mass is 10.1. The number of carbonyl (C=O) groups is 1. The molecule has 4 rings (SSSR count). The van der Waals surface area contributed by atoms with Crippen LogP contribution in [0.3, 0.4) is 0 Å². The predicted molar refractivity (Wildman–Crippen MR) is 136 cm³/mol. The second-order valence-corrected chi connectivity index (χ2v) is 10.8. The average Bonchev–Trinajstić information content (AvgIpc) is 3.26. The van der Waals surface area contributed by atoms with Crippen molar-refractivity contribution in [2.75, 3.05) is 5.75 Å². The molecule has 5 nitrogen and oxygen atoms in total. The number of hydrazone groups is 1. The smallest absolute Gasteiger partial charge is 0.250 e. The summed E-state index contributed by atoms with van der Waals surface area (Å²) >= 11 is 16.3. The fourth-order valence-corrected chi connectivity index (χ4v) is 5.93. The topological polar surface area (TPSA) is 67.2 Å². The Hall–Kier alpha value is -2.10. The standard InChI is InChI=1S/C22H16Cl2N4OS3/c23-18-9-8-14(10-19(18)24)11-25-26-20(29)13-31-22-28-27-21(32-22)30-12-16-6-3-5-15-4-1-2-7-17(15)16/h1-11H,12-13H2,(H,26,29)/b25-11-. The Bertz CT molecular complexity index is 1270. The van der Waals surface area contributed by atoms with E-state index < -0.39 is 0 Å². The minimum Gasteiger partial charge on any atom is -0.272 e. The van der Waals surface area contributed by atoms with Gasteiger partial charge in [0.2, 0.25) is 0 Å². The molecule has 0 saturated heterocycles. The van der Waals surface area contributed by atoms with Crippen LogP contribution in [0.2, 0.25) is 10.0 Å². The summed E-state index contributed by atoms with van der Waals surface area (Å²) in [7, 11) is 0. The SMILES string of the molecule is O=C(CSc1nnc(SCc2cccc3ccccc23)s1)N/N=C\c1ccc(Cl)c(Cl)c1. The van der Waals surface area contributed by atoms with Gasteiger partial charge in [0, 0.05) is 5.75 Å². The highest BCUT2D eigenvalue weighted by atomic mass is 35.5. The van der Waals surface area contributed by atoms with E-state index in [4.69, 9.17) is 23.2 Å². The number of halogens is 2. The molecular weight excluding hydrogens is 503 g/mol. The van der Waals surface area contributed by atoms with Crippen molar-refractivity contribution < 1.29 is 4.79 Å². The minimum atomic E-state index is -0.230. The van der Waals surface area contributed by atoms with Crippen LogP contribution in [-0.4, -0.2) is 28.1 Å². The lowest BCUT2D eigenvalue weighted by Gasteiger charge is -2.04. The number of thioether (sulfide) groups is 2. The molecule has 1 amide bonds. The van der Waals surface area contributed by atoms with Crippen molar-refractivity contribution in [3.63, 3.8) is 0 Å². The average molecular weight is 520 g/mol. The van der Waals surface area contributed by atoms with Crippen molar-refractivity contribution in [2.24, 2.45) is 5.10 Å². The van der Waals surface area contributed by atoms with Crippen LogP contribution in [0.25, 0.3) is 10.8 Å². The van der Waals surface area contributed by atoms with E-state index in [0.29, 0.717) is 10.0 Å². The molecule has 162 valence electrons. The molecular formula is C22H16Cl2N4OS3. The molecule has 1 heterocycles. The summed E-state index contributed by atoms with van der Waals surface area (Å²) in [6.45, 7) is 0. The van der Waals surface area contributed by atoms with Crippen LogP contribution in [0.4, 0.5) is 0 Å². The van der Waals surface area contributed by atoms with Gasteiger partial charge in [-0.15, -0.1) is 10.2 Å². The number of rotatable bonds is 8. The molecule has 10 heteroatoms. The van der Waals surface area contributed by atoms with E-state index in [1.807, 2.05) is 6.07 Å². The molecule has 0 saturated carbocycles. The number of fused-ring (bicyclic) bond motifs is 1. The van der Waals surface area contributed by atoms with Crippen LogP contribution in [-0.2, 0) is 10.5 Å². The summed E-state index contributed by atoms with van der Waals surface area (Å²) in [4.78, 5) is 12.0. The largest absolute Gasteiger partial charge is 0.272 e. The van der Waals surface area contributed by atoms with Gasteiger partial charge in [0.15, 0.2) is 8.68 Å². The van der Waals surface area contributed by atoms with Gasteiger partial charge in [-0.25, -0.2) is 5.43 Å². The molecule has 0 radical (unpaired) electrons. The third-order valence-corrected chi connectivity index (χ3v) is 8.27. The maximum atomic E-state index is 12.0. The van der Waals surface area contributed by atoms with Crippen LogP contribution < -0.4 is 5.43 Å². The number of benzene rings is 3. The number of nitrogens with one attached hydrogen (secondary N) is 1. The summed E-state index contributed by atoms with van der Waals surface area (Å²) in [5.41, 5.74) is 4.49. The Morgan fingerprint density at radius 1 is 1.00 bits per heavy atom. The summed E-state index contributed by atoms with van der Waals surface area (Å²) in [5.74, 6) is 0.776. The molecule has 0 bridgehead atoms. The number of nitrogens with zero attached hydrogens (tertiary/aromatic N) is 3. The van der Waals surface area contributed by atoms with Gasteiger partial charge in [-0.05, 0) is 34.0 Å². The second-order valence-electron chi connectivity index (χ2n) is 6.52. The molecule has 0 spiro atoms. The highest BCUT2D eigenvalue weighted by Gasteiger charge is 2.09. The Morgan fingerprint density at radius 3 is 2.62 bits per heavy atom. The number of amides is 1. The van der Waals surface area contributed by atoms with Crippen LogP contribution >= 0.6 is 58.1 Å². The van der Waals surface area contributed by atoms with Crippen molar-refractivity contribution in [3.05, 3.63) is 81.8 Å². The van der Waals surface area contributed by atoms with Crippen molar-refractivity contribution in [2.45, 2.75) is 14.4 Å². The summed E-state index contributed by atoms with van der Waals surface area (Å²) in [6, 6.07) is 19.8. The fourth-order valence-electron chi connectivity index (χ4n) is 2.80. The Labute approximate surface area is 207 Å². The lowest BCUT2D eigenvalue weighted by Crippen LogP contribution is -2.19. The van der Waals surface area contributed by atoms with Crippen molar-refractivity contribution >= 4 is 81.0 Å². The van der Waals surface area contributed by atoms with Crippen molar-refractivity contribution in [1.82, 2.24) is 15.6 Å². The first-order valence-electron chi connectivity index (χ1n) is 9.41. The van der Waals surface area contributed by atoms with Gasteiger partial charge in [0.05, 0.1) is 22.0 Å². The molecule has 4 aromatic rings. The Kier molecular flexibility index (Phi) is 8.05. The van der Waals surface area contributed by atoms with E-state index in [0.717, 1.165) is 20.0 Å². The molecule has 3 aromatic carbocycles. The van der Waals surface area contributed by atoms with Crippen LogP contribution in [0.5, 0.6) is 0 Å². The van der Waals surface area contributed by atoms with Gasteiger partial charge in [-0.3, -0.25) is 4.79 Å². The van der Waals surface area contributed by atoms with Crippen LogP contribution in [0, 0.1) is 0 Å². The highest BCUT2D eigenvalue weighted by Crippen LogP contribution is 2.32. The molecule has 0 unspecified atom stereocenters. The third-order valence-electron chi connectivity index (χ3n) is 4.29. The first kappa shape index (κ1) is 23.1. The highest BCUT2D eigenvalue weighted by molar-refractivity contribution is 8.03. The molecule has 1 N–H and O–H groups in total. The van der Waals surface area contributed by atoms with Gasteiger partial charge >= 0.3 is 0 Å². The lowest BCUT2D eigenvalue weighted by molar-refractivity contribution is -0.118. The summed E-state index contributed by atoms with van der Waals surface area (Å²) in [5, 5.41) is 15.7. The van der Waals surface area contributed by atoms with E-state index in [-0.39, 0.29) is 11.7 Å². The molecule has 0 aliphatic heterocycles. The van der Waals surface area contributed by atoms with Gasteiger partial charge < -0.3 is 0 Å². The normalized spacial score (nSPS) is 11.3. The summed E-state index contributed by atoms with van der Waals surface area (Å²) in [6.07, 6.45) is 1.51. The van der Waals surface area contributed by atoms with Gasteiger partial charge in [-0.1, -0.05) is 107 Å². The number of hydrogen-bond donors (Lipinski definition) is 1. The third kappa shape index (κ3) is 6.24. The van der Waals surface area contributed by atoms with Crippen LogP contribution in [0.15, 0.2) is 74.4 Å². The zero-order valence-electron chi connectivity index (χ0n) is 16.5. The summed E-state index contributed by atoms with van der Waals surface area (Å²) < 4.78 is 1.62. The van der Waals surface area contributed by atoms with E-state index in [1.165, 1.54) is 45.6 Å². The van der Waals surface area contributed by atoms with Gasteiger partial charge in [0.25, 0.3) is 5.91 Å². The van der Waals surface area contributed by atoms with E-state index in [9.17, 15) is 4.79 Å². The van der Waals surface area contributed by atoms with E-state index in [1.54, 1.807) is 30.0 Å². The van der Waals surface area contributed by atoms with E-state index in [2.05, 4.69) is 57.1 Å². The van der Waals surface area contributed by atoms with Crippen molar-refractivity contribution in [3.8, 4) is 0 Å². The quantitative estimate of drug-likeness (QED) is 0.163. The fraction of sp³-hybridized carbons (Fsp3) is 0.0909. The van der Waals surface area contributed by atoms with Gasteiger partial charge in [0.1, 0.15) is 0 Å². The molecule has 1 aromatic heterocycles. The first-order valence-corrected chi connectivity index (χ1v) is 13.0. The number of aromatic nitrogens is 2. The number of carbonyl (C=O) groups excluding carboxylic acids is 1. The molecule has 0 aliphatic rings. The maximum Gasteiger partial charge on any atom is 0.250 e. The second kappa shape index (κ2) is 11.2.